The van der Waals surface area contributed by atoms with Gasteiger partial charge >= 0.3 is 0 Å². The van der Waals surface area contributed by atoms with Crippen LogP contribution in [0.4, 0.5) is 8.78 Å². The van der Waals surface area contributed by atoms with E-state index in [1.807, 2.05) is 6.92 Å². The fourth-order valence-corrected chi connectivity index (χ4v) is 3.65. The summed E-state index contributed by atoms with van der Waals surface area (Å²) in [6, 6.07) is 4.91. The maximum absolute atomic E-state index is 13.3. The predicted molar refractivity (Wildman–Crippen MR) is 75.5 cm³/mol. The van der Waals surface area contributed by atoms with Crippen molar-refractivity contribution in [3.8, 4) is 0 Å². The van der Waals surface area contributed by atoms with Crippen LogP contribution < -0.4 is 5.32 Å². The minimum Gasteiger partial charge on any atom is -0.307 e. The van der Waals surface area contributed by atoms with E-state index in [1.54, 1.807) is 0 Å². The summed E-state index contributed by atoms with van der Waals surface area (Å²) in [4.78, 5) is 2.57. The second kappa shape index (κ2) is 5.78. The number of halogens is 2. The fourth-order valence-electron chi connectivity index (χ4n) is 3.65. The zero-order chi connectivity index (χ0) is 14.1. The summed E-state index contributed by atoms with van der Waals surface area (Å²) in [5.74, 6) is -1.00. The first-order chi connectivity index (χ1) is 9.61. The standard InChI is InChI=1S/C16H22F2N2/c1-11(12-7-13(17)9-14(18)8-12)19-15-4-6-20-5-2-3-16(20)10-15/h7-9,11,15-16,19H,2-6,10H2,1H3. The van der Waals surface area contributed by atoms with Gasteiger partial charge in [-0.1, -0.05) is 0 Å². The molecule has 0 saturated carbocycles. The fraction of sp³-hybridized carbons (Fsp3) is 0.625. The number of rotatable bonds is 3. The molecular formula is C16H22F2N2. The summed E-state index contributed by atoms with van der Waals surface area (Å²) >= 11 is 0. The van der Waals surface area contributed by atoms with Gasteiger partial charge in [0.2, 0.25) is 0 Å². The van der Waals surface area contributed by atoms with Crippen LogP contribution in [0.25, 0.3) is 0 Å². The van der Waals surface area contributed by atoms with Crippen LogP contribution in [0.1, 0.15) is 44.2 Å². The van der Waals surface area contributed by atoms with Gasteiger partial charge in [0.15, 0.2) is 0 Å². The van der Waals surface area contributed by atoms with E-state index in [0.29, 0.717) is 17.6 Å². The van der Waals surface area contributed by atoms with Crippen LogP contribution in [-0.4, -0.2) is 30.1 Å². The highest BCUT2D eigenvalue weighted by Gasteiger charge is 2.32. The van der Waals surface area contributed by atoms with Crippen LogP contribution >= 0.6 is 0 Å². The number of hydrogen-bond acceptors (Lipinski definition) is 2. The van der Waals surface area contributed by atoms with Crippen LogP contribution in [0, 0.1) is 11.6 Å². The Morgan fingerprint density at radius 2 is 1.90 bits per heavy atom. The number of benzene rings is 1. The molecule has 1 aromatic carbocycles. The predicted octanol–water partition coefficient (Wildman–Crippen LogP) is 3.24. The van der Waals surface area contributed by atoms with Gasteiger partial charge in [0.1, 0.15) is 11.6 Å². The Balaban J connectivity index is 1.62. The lowest BCUT2D eigenvalue weighted by molar-refractivity contribution is 0.162. The Hall–Kier alpha value is -1.00. The molecule has 2 aliphatic heterocycles. The number of nitrogens with zero attached hydrogens (tertiary/aromatic N) is 1. The van der Waals surface area contributed by atoms with Gasteiger partial charge in [0.05, 0.1) is 0 Å². The average Bonchev–Trinajstić information content (AvgIpc) is 2.85. The molecule has 2 fully saturated rings. The van der Waals surface area contributed by atoms with E-state index >= 15 is 0 Å². The Morgan fingerprint density at radius 3 is 2.65 bits per heavy atom. The molecule has 0 bridgehead atoms. The SMILES string of the molecule is CC(NC1CCN2CCCC2C1)c1cc(F)cc(F)c1. The molecule has 2 saturated heterocycles. The lowest BCUT2D eigenvalue weighted by atomic mass is 9.96. The number of nitrogens with one attached hydrogen (secondary N) is 1. The van der Waals surface area contributed by atoms with Crippen molar-refractivity contribution in [2.75, 3.05) is 13.1 Å². The lowest BCUT2D eigenvalue weighted by Gasteiger charge is -2.36. The summed E-state index contributed by atoms with van der Waals surface area (Å²) in [7, 11) is 0. The average molecular weight is 280 g/mol. The number of piperidine rings is 1. The summed E-state index contributed by atoms with van der Waals surface area (Å²) in [5.41, 5.74) is 0.691. The van der Waals surface area contributed by atoms with Gasteiger partial charge in [-0.3, -0.25) is 0 Å². The first kappa shape index (κ1) is 14.0. The maximum atomic E-state index is 13.3. The van der Waals surface area contributed by atoms with Crippen LogP contribution in [-0.2, 0) is 0 Å². The molecule has 0 aliphatic carbocycles. The third kappa shape index (κ3) is 3.01. The van der Waals surface area contributed by atoms with E-state index in [4.69, 9.17) is 0 Å². The van der Waals surface area contributed by atoms with Crippen LogP contribution in [0.5, 0.6) is 0 Å². The molecule has 0 radical (unpaired) electrons. The molecule has 3 rings (SSSR count). The highest BCUT2D eigenvalue weighted by atomic mass is 19.1. The first-order valence-corrected chi connectivity index (χ1v) is 7.58. The van der Waals surface area contributed by atoms with Crippen molar-refractivity contribution in [2.24, 2.45) is 0 Å². The topological polar surface area (TPSA) is 15.3 Å². The quantitative estimate of drug-likeness (QED) is 0.914. The van der Waals surface area contributed by atoms with E-state index in [9.17, 15) is 8.78 Å². The van der Waals surface area contributed by atoms with Crippen molar-refractivity contribution in [2.45, 2.75) is 50.7 Å². The molecule has 0 amide bonds. The zero-order valence-corrected chi connectivity index (χ0v) is 11.9. The van der Waals surface area contributed by atoms with Crippen molar-refractivity contribution in [1.29, 1.82) is 0 Å². The molecule has 2 heterocycles. The Labute approximate surface area is 119 Å². The molecule has 3 unspecified atom stereocenters. The van der Waals surface area contributed by atoms with Gasteiger partial charge in [-0.05, 0) is 63.4 Å². The largest absolute Gasteiger partial charge is 0.307 e. The minimum atomic E-state index is -0.501. The van der Waals surface area contributed by atoms with Crippen molar-refractivity contribution in [3.63, 3.8) is 0 Å². The molecule has 4 heteroatoms. The van der Waals surface area contributed by atoms with Crippen molar-refractivity contribution in [1.82, 2.24) is 10.2 Å². The van der Waals surface area contributed by atoms with E-state index < -0.39 is 11.6 Å². The molecular weight excluding hydrogens is 258 g/mol. The lowest BCUT2D eigenvalue weighted by Crippen LogP contribution is -2.46. The molecule has 3 atom stereocenters. The molecule has 1 aromatic rings. The van der Waals surface area contributed by atoms with Gasteiger partial charge < -0.3 is 10.2 Å². The van der Waals surface area contributed by atoms with E-state index in [1.165, 1.54) is 31.5 Å². The normalized spacial score (nSPS) is 28.4. The minimum absolute atomic E-state index is 0.0156. The van der Waals surface area contributed by atoms with Crippen LogP contribution in [0.2, 0.25) is 0 Å². The van der Waals surface area contributed by atoms with Gasteiger partial charge in [-0.2, -0.15) is 0 Å². The summed E-state index contributed by atoms with van der Waals surface area (Å²) < 4.78 is 26.5. The Kier molecular flexibility index (Phi) is 4.03. The van der Waals surface area contributed by atoms with E-state index in [2.05, 4.69) is 10.2 Å². The number of fused-ring (bicyclic) bond motifs is 1. The molecule has 2 nitrogen and oxygen atoms in total. The highest BCUT2D eigenvalue weighted by Crippen LogP contribution is 2.28. The third-order valence-electron chi connectivity index (χ3n) is 4.69. The van der Waals surface area contributed by atoms with Crippen molar-refractivity contribution >= 4 is 0 Å². The highest BCUT2D eigenvalue weighted by molar-refractivity contribution is 5.21. The Bertz CT molecular complexity index is 457. The zero-order valence-electron chi connectivity index (χ0n) is 11.9. The Morgan fingerprint density at radius 1 is 1.15 bits per heavy atom. The van der Waals surface area contributed by atoms with Crippen molar-refractivity contribution < 1.29 is 8.78 Å². The van der Waals surface area contributed by atoms with Gasteiger partial charge in [0.25, 0.3) is 0 Å². The maximum Gasteiger partial charge on any atom is 0.126 e. The second-order valence-corrected chi connectivity index (χ2v) is 6.14. The smallest absolute Gasteiger partial charge is 0.126 e. The molecule has 1 N–H and O–H groups in total. The summed E-state index contributed by atoms with van der Waals surface area (Å²) in [6.07, 6.45) is 4.88. The first-order valence-electron chi connectivity index (χ1n) is 7.58. The molecule has 110 valence electrons. The molecule has 20 heavy (non-hydrogen) atoms. The monoisotopic (exact) mass is 280 g/mol. The molecule has 0 spiro atoms. The van der Waals surface area contributed by atoms with Gasteiger partial charge in [-0.25, -0.2) is 8.78 Å². The van der Waals surface area contributed by atoms with Gasteiger partial charge in [0, 0.05) is 24.2 Å². The molecule has 0 aromatic heterocycles. The summed E-state index contributed by atoms with van der Waals surface area (Å²) in [6.45, 7) is 4.36. The van der Waals surface area contributed by atoms with Crippen molar-refractivity contribution in [3.05, 3.63) is 35.4 Å². The second-order valence-electron chi connectivity index (χ2n) is 6.14. The van der Waals surface area contributed by atoms with Crippen LogP contribution in [0.15, 0.2) is 18.2 Å². The van der Waals surface area contributed by atoms with Crippen LogP contribution in [0.3, 0.4) is 0 Å². The van der Waals surface area contributed by atoms with Gasteiger partial charge in [-0.15, -0.1) is 0 Å². The van der Waals surface area contributed by atoms with E-state index in [0.717, 1.165) is 25.5 Å². The third-order valence-corrected chi connectivity index (χ3v) is 4.69. The number of hydrogen-bond donors (Lipinski definition) is 1. The van der Waals surface area contributed by atoms with E-state index in [-0.39, 0.29) is 6.04 Å². The summed E-state index contributed by atoms with van der Waals surface area (Å²) in [5, 5.41) is 3.54. The molecule has 2 aliphatic rings.